The van der Waals surface area contributed by atoms with E-state index in [1.54, 1.807) is 36.5 Å². The Balaban J connectivity index is 1.63. The number of pyridine rings is 1. The van der Waals surface area contributed by atoms with E-state index in [1.807, 2.05) is 13.8 Å². The first-order chi connectivity index (χ1) is 15.9. The third-order valence-corrected chi connectivity index (χ3v) is 5.69. The van der Waals surface area contributed by atoms with Crippen molar-refractivity contribution in [1.82, 2.24) is 4.98 Å². The summed E-state index contributed by atoms with van der Waals surface area (Å²) in [6, 6.07) is 9.50. The van der Waals surface area contributed by atoms with E-state index in [2.05, 4.69) is 10.3 Å². The summed E-state index contributed by atoms with van der Waals surface area (Å²) < 4.78 is 11.2. The van der Waals surface area contributed by atoms with Crippen LogP contribution in [0, 0.1) is 0 Å². The fourth-order valence-electron chi connectivity index (χ4n) is 3.67. The average molecular weight is 446 g/mol. The number of aromatic nitrogens is 1. The second-order valence-corrected chi connectivity index (χ2v) is 7.70. The van der Waals surface area contributed by atoms with E-state index in [9.17, 15) is 19.5 Å². The van der Waals surface area contributed by atoms with Gasteiger partial charge in [0.05, 0.1) is 29.6 Å². The standard InChI is InChI=1S/C25H22N2O6/c1-4-13(2)22-23(25(31)24(22)30)27-17-6-5-15(10-19(17)29)33-20-7-8-26-18-11-21(32-3)14(12-28)9-16(18)20/h5-13,27,29H,4H2,1-3H3. The molecule has 4 rings (SSSR count). The maximum atomic E-state index is 12.0. The largest absolute Gasteiger partial charge is 0.506 e. The highest BCUT2D eigenvalue weighted by Gasteiger charge is 2.25. The molecule has 8 nitrogen and oxygen atoms in total. The van der Waals surface area contributed by atoms with Gasteiger partial charge in [-0.3, -0.25) is 19.4 Å². The molecule has 1 heterocycles. The summed E-state index contributed by atoms with van der Waals surface area (Å²) in [7, 11) is 1.47. The van der Waals surface area contributed by atoms with Gasteiger partial charge in [0.1, 0.15) is 23.0 Å². The van der Waals surface area contributed by atoms with Gasteiger partial charge in [0.25, 0.3) is 0 Å². The molecule has 0 fully saturated rings. The molecule has 8 heteroatoms. The Kier molecular flexibility index (Phi) is 5.83. The Hall–Kier alpha value is -4.20. The number of hydrogen-bond acceptors (Lipinski definition) is 8. The highest BCUT2D eigenvalue weighted by atomic mass is 16.5. The van der Waals surface area contributed by atoms with Gasteiger partial charge < -0.3 is 19.9 Å². The minimum atomic E-state index is -0.588. The van der Waals surface area contributed by atoms with E-state index < -0.39 is 10.9 Å². The molecule has 1 aromatic heterocycles. The van der Waals surface area contributed by atoms with Crippen LogP contribution in [0.4, 0.5) is 11.4 Å². The zero-order valence-electron chi connectivity index (χ0n) is 18.3. The molecule has 0 aliphatic carbocycles. The number of aromatic hydroxyl groups is 1. The summed E-state index contributed by atoms with van der Waals surface area (Å²) in [5, 5.41) is 14.0. The Morgan fingerprint density at radius 2 is 1.91 bits per heavy atom. The third-order valence-electron chi connectivity index (χ3n) is 5.69. The van der Waals surface area contributed by atoms with Crippen molar-refractivity contribution in [3.63, 3.8) is 0 Å². The summed E-state index contributed by atoms with van der Waals surface area (Å²) in [5.74, 6) is 0.973. The van der Waals surface area contributed by atoms with Crippen molar-refractivity contribution in [1.29, 1.82) is 0 Å². The Bertz CT molecular complexity index is 1440. The normalized spacial score (nSPS) is 12.0. The van der Waals surface area contributed by atoms with Crippen molar-refractivity contribution in [2.45, 2.75) is 26.2 Å². The Labute approximate surface area is 189 Å². The summed E-state index contributed by atoms with van der Waals surface area (Å²) in [6.07, 6.45) is 2.97. The van der Waals surface area contributed by atoms with Gasteiger partial charge in [-0.25, -0.2) is 0 Å². The van der Waals surface area contributed by atoms with Crippen LogP contribution < -0.4 is 25.6 Å². The van der Waals surface area contributed by atoms with Crippen molar-refractivity contribution in [2.24, 2.45) is 0 Å². The number of anilines is 2. The number of hydrogen-bond donors (Lipinski definition) is 2. The zero-order chi connectivity index (χ0) is 23.7. The summed E-state index contributed by atoms with van der Waals surface area (Å²) in [5.41, 5.74) is 0.814. The average Bonchev–Trinajstić information content (AvgIpc) is 2.83. The van der Waals surface area contributed by atoms with Crippen LogP contribution in [0.15, 0.2) is 52.2 Å². The molecule has 33 heavy (non-hydrogen) atoms. The molecule has 0 amide bonds. The molecular weight excluding hydrogens is 424 g/mol. The lowest BCUT2D eigenvalue weighted by Crippen LogP contribution is -2.38. The monoisotopic (exact) mass is 446 g/mol. The first kappa shape index (κ1) is 22.0. The van der Waals surface area contributed by atoms with Crippen molar-refractivity contribution >= 4 is 28.6 Å². The number of nitrogens with zero attached hydrogens (tertiary/aromatic N) is 1. The molecule has 0 saturated carbocycles. The molecule has 3 aromatic carbocycles. The number of methoxy groups -OCH3 is 1. The molecule has 1 unspecified atom stereocenters. The second-order valence-electron chi connectivity index (χ2n) is 7.70. The number of rotatable bonds is 8. The van der Waals surface area contributed by atoms with Gasteiger partial charge in [0.2, 0.25) is 10.9 Å². The number of phenols is 1. The first-order valence-corrected chi connectivity index (χ1v) is 10.4. The fourth-order valence-corrected chi connectivity index (χ4v) is 3.67. The minimum Gasteiger partial charge on any atom is -0.506 e. The number of carbonyl (C=O) groups is 1. The smallest absolute Gasteiger partial charge is 0.249 e. The van der Waals surface area contributed by atoms with E-state index in [0.29, 0.717) is 45.6 Å². The van der Waals surface area contributed by atoms with Crippen LogP contribution in [-0.2, 0) is 0 Å². The van der Waals surface area contributed by atoms with E-state index in [1.165, 1.54) is 13.2 Å². The van der Waals surface area contributed by atoms with Crippen LogP contribution in [0.5, 0.6) is 23.0 Å². The number of ether oxygens (including phenoxy) is 2. The van der Waals surface area contributed by atoms with Crippen molar-refractivity contribution in [3.05, 3.63) is 74.2 Å². The quantitative estimate of drug-likeness (QED) is 0.232. The maximum Gasteiger partial charge on any atom is 0.249 e. The fraction of sp³-hybridized carbons (Fsp3) is 0.200. The second kappa shape index (κ2) is 8.74. The number of carbonyl (C=O) groups excluding carboxylic acids is 1. The van der Waals surface area contributed by atoms with Crippen molar-refractivity contribution < 1.29 is 19.4 Å². The molecule has 0 radical (unpaired) electrons. The third kappa shape index (κ3) is 3.91. The van der Waals surface area contributed by atoms with Crippen LogP contribution in [0.3, 0.4) is 0 Å². The van der Waals surface area contributed by atoms with Gasteiger partial charge >= 0.3 is 0 Å². The molecule has 1 atom stereocenters. The van der Waals surface area contributed by atoms with Crippen molar-refractivity contribution in [2.75, 3.05) is 12.4 Å². The van der Waals surface area contributed by atoms with E-state index in [0.717, 1.165) is 6.42 Å². The van der Waals surface area contributed by atoms with Crippen LogP contribution in [-0.4, -0.2) is 23.5 Å². The number of nitrogens with one attached hydrogen (secondary N) is 1. The van der Waals surface area contributed by atoms with E-state index in [-0.39, 0.29) is 23.0 Å². The van der Waals surface area contributed by atoms with Gasteiger partial charge in [-0.2, -0.15) is 0 Å². The zero-order valence-corrected chi connectivity index (χ0v) is 18.3. The Morgan fingerprint density at radius 1 is 1.12 bits per heavy atom. The van der Waals surface area contributed by atoms with E-state index in [4.69, 9.17) is 9.47 Å². The Morgan fingerprint density at radius 3 is 2.58 bits per heavy atom. The predicted molar refractivity (Wildman–Crippen MR) is 125 cm³/mol. The molecule has 0 aliphatic heterocycles. The number of benzene rings is 2. The first-order valence-electron chi connectivity index (χ1n) is 10.4. The van der Waals surface area contributed by atoms with Crippen LogP contribution in [0.25, 0.3) is 10.9 Å². The molecule has 4 aromatic rings. The van der Waals surface area contributed by atoms with Gasteiger partial charge in [-0.15, -0.1) is 0 Å². The predicted octanol–water partition coefficient (Wildman–Crippen LogP) is 4.41. The highest BCUT2D eigenvalue weighted by Crippen LogP contribution is 2.36. The van der Waals surface area contributed by atoms with Crippen LogP contribution in [0.2, 0.25) is 0 Å². The summed E-state index contributed by atoms with van der Waals surface area (Å²) >= 11 is 0. The number of fused-ring (bicyclic) bond motifs is 1. The molecule has 0 spiro atoms. The molecule has 2 N–H and O–H groups in total. The summed E-state index contributed by atoms with van der Waals surface area (Å²) in [4.78, 5) is 39.6. The minimum absolute atomic E-state index is 0.0581. The van der Waals surface area contributed by atoms with Gasteiger partial charge in [-0.05, 0) is 36.6 Å². The maximum absolute atomic E-state index is 12.0. The summed E-state index contributed by atoms with van der Waals surface area (Å²) in [6.45, 7) is 3.81. The molecule has 0 bridgehead atoms. The highest BCUT2D eigenvalue weighted by molar-refractivity contribution is 5.93. The van der Waals surface area contributed by atoms with Gasteiger partial charge in [-0.1, -0.05) is 13.8 Å². The SMILES string of the molecule is CCC(C)c1c(Nc2ccc(Oc3ccnc4cc(OC)c(C=O)cc34)cc2O)c(=O)c1=O. The van der Waals surface area contributed by atoms with E-state index >= 15 is 0 Å². The van der Waals surface area contributed by atoms with Gasteiger partial charge in [0.15, 0.2) is 6.29 Å². The number of phenolic OH excluding ortho intramolecular Hbond substituents is 1. The molecule has 0 aliphatic rings. The van der Waals surface area contributed by atoms with Crippen LogP contribution >= 0.6 is 0 Å². The molecular formula is C25H22N2O6. The van der Waals surface area contributed by atoms with Gasteiger partial charge in [0, 0.05) is 29.3 Å². The molecule has 0 saturated heterocycles. The lowest BCUT2D eigenvalue weighted by molar-refractivity contribution is 0.112. The lowest BCUT2D eigenvalue weighted by Gasteiger charge is -2.18. The van der Waals surface area contributed by atoms with Crippen molar-refractivity contribution in [3.8, 4) is 23.0 Å². The number of aldehydes is 1. The van der Waals surface area contributed by atoms with Crippen LogP contribution in [0.1, 0.15) is 42.1 Å². The molecule has 168 valence electrons. The topological polar surface area (TPSA) is 115 Å². The lowest BCUT2D eigenvalue weighted by atomic mass is 9.92.